The number of ether oxygens (including phenoxy) is 4. The molecule has 1 aromatic rings. The van der Waals surface area contributed by atoms with Crippen LogP contribution in [0.2, 0.25) is 0 Å². The zero-order valence-corrected chi connectivity index (χ0v) is 12.2. The minimum absolute atomic E-state index is 0.301. The number of esters is 1. The Bertz CT molecular complexity index is 460. The van der Waals surface area contributed by atoms with Crippen LogP contribution in [0.3, 0.4) is 0 Å². The van der Waals surface area contributed by atoms with Crippen molar-refractivity contribution in [1.29, 1.82) is 0 Å². The number of methoxy groups -OCH3 is 3. The number of carbonyl (C=O) groups excluding carboxylic acids is 1. The minimum atomic E-state index is -0.574. The Balaban J connectivity index is 3.25. The molecule has 0 aliphatic heterocycles. The molecule has 0 aliphatic carbocycles. The van der Waals surface area contributed by atoms with Crippen molar-refractivity contribution in [2.24, 2.45) is 0 Å². The van der Waals surface area contributed by atoms with E-state index in [4.69, 9.17) is 18.9 Å². The summed E-state index contributed by atoms with van der Waals surface area (Å²) >= 11 is 0. The Labute approximate surface area is 113 Å². The van der Waals surface area contributed by atoms with Crippen LogP contribution >= 0.6 is 0 Å². The highest BCUT2D eigenvalue weighted by Gasteiger charge is 2.25. The molecule has 1 aromatic carbocycles. The molecule has 5 heteroatoms. The molecular weight excluding hydrogens is 248 g/mol. The van der Waals surface area contributed by atoms with Gasteiger partial charge in [0.2, 0.25) is 5.75 Å². The van der Waals surface area contributed by atoms with Crippen molar-refractivity contribution in [2.75, 3.05) is 21.3 Å². The van der Waals surface area contributed by atoms with Gasteiger partial charge in [0.05, 0.1) is 21.3 Å². The van der Waals surface area contributed by atoms with E-state index in [1.54, 1.807) is 32.9 Å². The van der Waals surface area contributed by atoms with Gasteiger partial charge >= 0.3 is 5.97 Å². The second kappa shape index (κ2) is 5.82. The average Bonchev–Trinajstić information content (AvgIpc) is 2.34. The number of rotatable bonds is 4. The van der Waals surface area contributed by atoms with Crippen molar-refractivity contribution in [3.8, 4) is 17.2 Å². The van der Waals surface area contributed by atoms with Crippen molar-refractivity contribution in [3.63, 3.8) is 0 Å². The van der Waals surface area contributed by atoms with Crippen molar-refractivity contribution in [3.05, 3.63) is 17.7 Å². The van der Waals surface area contributed by atoms with E-state index in [-0.39, 0.29) is 0 Å². The highest BCUT2D eigenvalue weighted by atomic mass is 16.6. The Morgan fingerprint density at radius 3 is 1.95 bits per heavy atom. The molecule has 0 bridgehead atoms. The van der Waals surface area contributed by atoms with E-state index >= 15 is 0 Å². The van der Waals surface area contributed by atoms with Gasteiger partial charge in [-0.15, -0.1) is 0 Å². The Kier molecular flexibility index (Phi) is 4.64. The lowest BCUT2D eigenvalue weighted by molar-refractivity contribution is 0.00659. The van der Waals surface area contributed by atoms with Crippen LogP contribution in [-0.4, -0.2) is 32.9 Å². The molecule has 0 aliphatic rings. The van der Waals surface area contributed by atoms with Gasteiger partial charge in [-0.25, -0.2) is 4.79 Å². The first-order valence-corrected chi connectivity index (χ1v) is 5.86. The normalized spacial score (nSPS) is 10.8. The standard InChI is InChI=1S/C14H20O5/c1-14(2,3)19-13(15)9-7-8-10(16-4)12(18-6)11(9)17-5/h7-8H,1-6H3. The zero-order chi connectivity index (χ0) is 14.6. The molecule has 0 amide bonds. The summed E-state index contributed by atoms with van der Waals surface area (Å²) in [5.41, 5.74) is -0.273. The van der Waals surface area contributed by atoms with E-state index < -0.39 is 11.6 Å². The molecule has 1 rings (SSSR count). The predicted molar refractivity (Wildman–Crippen MR) is 71.3 cm³/mol. The number of carbonyl (C=O) groups is 1. The van der Waals surface area contributed by atoms with Crippen LogP contribution in [-0.2, 0) is 4.74 Å². The summed E-state index contributed by atoms with van der Waals surface area (Å²) in [7, 11) is 4.47. The average molecular weight is 268 g/mol. The molecule has 5 nitrogen and oxygen atoms in total. The summed E-state index contributed by atoms with van der Waals surface area (Å²) in [4.78, 5) is 12.1. The van der Waals surface area contributed by atoms with Crippen LogP contribution in [0.25, 0.3) is 0 Å². The van der Waals surface area contributed by atoms with Gasteiger partial charge < -0.3 is 18.9 Å². The SMILES string of the molecule is COc1ccc(C(=O)OC(C)(C)C)c(OC)c1OC. The zero-order valence-electron chi connectivity index (χ0n) is 12.2. The van der Waals surface area contributed by atoms with Crippen LogP contribution < -0.4 is 14.2 Å². The first kappa shape index (κ1) is 15.1. The summed E-state index contributed by atoms with van der Waals surface area (Å²) in [5.74, 6) is 0.696. The molecule has 0 atom stereocenters. The van der Waals surface area contributed by atoms with Gasteiger partial charge in [-0.3, -0.25) is 0 Å². The number of hydrogen-bond donors (Lipinski definition) is 0. The summed E-state index contributed by atoms with van der Waals surface area (Å²) in [6.07, 6.45) is 0. The van der Waals surface area contributed by atoms with E-state index in [0.29, 0.717) is 22.8 Å². The fourth-order valence-electron chi connectivity index (χ4n) is 1.60. The topological polar surface area (TPSA) is 54.0 Å². The first-order chi connectivity index (χ1) is 8.84. The molecule has 0 aromatic heterocycles. The second-order valence-electron chi connectivity index (χ2n) is 4.88. The van der Waals surface area contributed by atoms with Crippen LogP contribution in [0.1, 0.15) is 31.1 Å². The maximum atomic E-state index is 12.1. The Hall–Kier alpha value is -1.91. The largest absolute Gasteiger partial charge is 0.493 e. The van der Waals surface area contributed by atoms with Crippen LogP contribution in [0, 0.1) is 0 Å². The van der Waals surface area contributed by atoms with Crippen LogP contribution in [0.15, 0.2) is 12.1 Å². The van der Waals surface area contributed by atoms with Gasteiger partial charge in [0.15, 0.2) is 11.5 Å². The third-order valence-corrected chi connectivity index (χ3v) is 2.32. The van der Waals surface area contributed by atoms with Crippen molar-refractivity contribution >= 4 is 5.97 Å². The van der Waals surface area contributed by atoms with Gasteiger partial charge in [-0.2, -0.15) is 0 Å². The fraction of sp³-hybridized carbons (Fsp3) is 0.500. The molecular formula is C14H20O5. The molecule has 106 valence electrons. The first-order valence-electron chi connectivity index (χ1n) is 5.86. The molecule has 0 saturated carbocycles. The lowest BCUT2D eigenvalue weighted by Gasteiger charge is -2.21. The minimum Gasteiger partial charge on any atom is -0.493 e. The van der Waals surface area contributed by atoms with Crippen molar-refractivity contribution in [2.45, 2.75) is 26.4 Å². The van der Waals surface area contributed by atoms with Crippen LogP contribution in [0.5, 0.6) is 17.2 Å². The van der Waals surface area contributed by atoms with Gasteiger partial charge in [0.1, 0.15) is 11.2 Å². The molecule has 19 heavy (non-hydrogen) atoms. The summed E-state index contributed by atoms with van der Waals surface area (Å²) in [5, 5.41) is 0. The highest BCUT2D eigenvalue weighted by Crippen LogP contribution is 2.40. The molecule has 0 heterocycles. The Morgan fingerprint density at radius 1 is 0.947 bits per heavy atom. The van der Waals surface area contributed by atoms with Gasteiger partial charge in [-0.1, -0.05) is 0 Å². The van der Waals surface area contributed by atoms with Crippen molar-refractivity contribution < 1.29 is 23.7 Å². The lowest BCUT2D eigenvalue weighted by Crippen LogP contribution is -2.24. The Morgan fingerprint density at radius 2 is 1.53 bits per heavy atom. The number of benzene rings is 1. The van der Waals surface area contributed by atoms with Gasteiger partial charge in [0.25, 0.3) is 0 Å². The predicted octanol–water partition coefficient (Wildman–Crippen LogP) is 2.67. The molecule has 0 saturated heterocycles. The smallest absolute Gasteiger partial charge is 0.342 e. The molecule has 0 unspecified atom stereocenters. The van der Waals surface area contributed by atoms with E-state index in [2.05, 4.69) is 0 Å². The third kappa shape index (κ3) is 3.53. The summed E-state index contributed by atoms with van der Waals surface area (Å²) < 4.78 is 20.9. The molecule has 0 spiro atoms. The maximum absolute atomic E-state index is 12.1. The quantitative estimate of drug-likeness (QED) is 0.786. The van der Waals surface area contributed by atoms with E-state index in [9.17, 15) is 4.79 Å². The maximum Gasteiger partial charge on any atom is 0.342 e. The fourth-order valence-corrected chi connectivity index (χ4v) is 1.60. The summed E-state index contributed by atoms with van der Waals surface area (Å²) in [6.45, 7) is 5.41. The van der Waals surface area contributed by atoms with E-state index in [1.165, 1.54) is 21.3 Å². The highest BCUT2D eigenvalue weighted by molar-refractivity contribution is 5.94. The molecule has 0 N–H and O–H groups in total. The van der Waals surface area contributed by atoms with Crippen LogP contribution in [0.4, 0.5) is 0 Å². The van der Waals surface area contributed by atoms with Gasteiger partial charge in [-0.05, 0) is 32.9 Å². The lowest BCUT2D eigenvalue weighted by atomic mass is 10.1. The van der Waals surface area contributed by atoms with E-state index in [0.717, 1.165) is 0 Å². The summed E-state index contributed by atoms with van der Waals surface area (Å²) in [6, 6.07) is 3.23. The van der Waals surface area contributed by atoms with E-state index in [1.807, 2.05) is 0 Å². The number of hydrogen-bond acceptors (Lipinski definition) is 5. The molecule has 0 fully saturated rings. The molecule has 0 radical (unpaired) electrons. The second-order valence-corrected chi connectivity index (χ2v) is 4.88. The third-order valence-electron chi connectivity index (χ3n) is 2.32. The van der Waals surface area contributed by atoms with Gasteiger partial charge in [0, 0.05) is 0 Å². The van der Waals surface area contributed by atoms with Crippen molar-refractivity contribution in [1.82, 2.24) is 0 Å². The monoisotopic (exact) mass is 268 g/mol.